The molecule has 53 heavy (non-hydrogen) atoms. The molecule has 264 valence electrons. The van der Waals surface area contributed by atoms with E-state index in [1.54, 1.807) is 41.9 Å². The van der Waals surface area contributed by atoms with Gasteiger partial charge in [-0.05, 0) is 91.2 Å². The number of fused-ring (bicyclic) bond motifs is 2. The molecule has 8 aromatic rings. The zero-order valence-corrected chi connectivity index (χ0v) is 31.5. The Bertz CT molecular complexity index is 2680. The van der Waals surface area contributed by atoms with Crippen LogP contribution in [-0.2, 0) is 20.7 Å². The topological polar surface area (TPSA) is 100 Å². The van der Waals surface area contributed by atoms with Crippen LogP contribution < -0.4 is 9.47 Å². The Balaban J connectivity index is 1.11. The van der Waals surface area contributed by atoms with Crippen molar-refractivity contribution in [2.75, 3.05) is 7.11 Å². The van der Waals surface area contributed by atoms with Crippen molar-refractivity contribution in [2.24, 2.45) is 14.1 Å². The molecule has 0 radical (unpaired) electrons. The molecule has 0 saturated heterocycles. The fourth-order valence-electron chi connectivity index (χ4n) is 6.30. The first kappa shape index (κ1) is 34.1. The van der Waals surface area contributed by atoms with Gasteiger partial charge in [0.25, 0.3) is 0 Å². The average Bonchev–Trinajstić information content (AvgIpc) is 3.95. The van der Waals surface area contributed by atoms with E-state index in [2.05, 4.69) is 38.8 Å². The van der Waals surface area contributed by atoms with Crippen LogP contribution in [0.25, 0.3) is 45.4 Å². The zero-order chi connectivity index (χ0) is 36.6. The number of imidazole rings is 2. The van der Waals surface area contributed by atoms with Crippen LogP contribution in [0.2, 0.25) is 0 Å². The molecule has 0 atom stereocenters. The molecule has 4 heterocycles. The van der Waals surface area contributed by atoms with Gasteiger partial charge in [-0.15, -0.1) is 22.7 Å². The molecule has 0 spiro atoms. The quantitative estimate of drug-likeness (QED) is 0.149. The smallest absolute Gasteiger partial charge is 0.143 e. The van der Waals surface area contributed by atoms with Crippen molar-refractivity contribution in [3.8, 4) is 17.2 Å². The van der Waals surface area contributed by atoms with Crippen molar-refractivity contribution in [3.05, 3.63) is 145 Å². The molecule has 0 fully saturated rings. The molecule has 11 heteroatoms. The highest BCUT2D eigenvalue weighted by atomic mass is 32.1. The molecule has 0 bridgehead atoms. The number of para-hydroxylation sites is 2. The van der Waals surface area contributed by atoms with Gasteiger partial charge in [0, 0.05) is 42.3 Å². The molecule has 0 saturated carbocycles. The van der Waals surface area contributed by atoms with Crippen LogP contribution >= 0.6 is 22.7 Å². The maximum atomic E-state index is 9.83. The summed E-state index contributed by atoms with van der Waals surface area (Å²) in [7, 11) is 5.72. The number of benzene rings is 4. The summed E-state index contributed by atoms with van der Waals surface area (Å²) >= 11 is 3.19. The van der Waals surface area contributed by atoms with E-state index in [4.69, 9.17) is 29.4 Å². The molecule has 0 aliphatic carbocycles. The fraction of sp³-hybridized carbons (Fsp3) is 0.143. The molecule has 4 aromatic carbocycles. The third-order valence-electron chi connectivity index (χ3n) is 8.97. The maximum Gasteiger partial charge on any atom is 0.143 e. The summed E-state index contributed by atoms with van der Waals surface area (Å²) in [6.07, 6.45) is 4.17. The minimum Gasteiger partial charge on any atom is -0.508 e. The van der Waals surface area contributed by atoms with Gasteiger partial charge in [-0.25, -0.2) is 19.9 Å². The maximum absolute atomic E-state index is 9.83. The van der Waals surface area contributed by atoms with Crippen molar-refractivity contribution in [3.63, 3.8) is 0 Å². The fourth-order valence-corrected chi connectivity index (χ4v) is 7.92. The van der Waals surface area contributed by atoms with Gasteiger partial charge >= 0.3 is 0 Å². The number of aromatic hydroxyl groups is 1. The number of aromatic nitrogens is 6. The van der Waals surface area contributed by atoms with Crippen LogP contribution in [0.15, 0.2) is 95.7 Å². The number of ether oxygens (including phenoxy) is 2. The lowest BCUT2D eigenvalue weighted by molar-refractivity contribution is 0.303. The summed E-state index contributed by atoms with van der Waals surface area (Å²) in [5.41, 5.74) is 10.4. The van der Waals surface area contributed by atoms with Gasteiger partial charge in [0.2, 0.25) is 0 Å². The highest BCUT2D eigenvalue weighted by Crippen LogP contribution is 2.34. The summed E-state index contributed by atoms with van der Waals surface area (Å²) in [6.45, 7) is 4.34. The van der Waals surface area contributed by atoms with E-state index in [9.17, 15) is 5.11 Å². The molecule has 0 aliphatic rings. The van der Waals surface area contributed by atoms with Gasteiger partial charge in [-0.2, -0.15) is 0 Å². The molecule has 4 aromatic heterocycles. The Morgan fingerprint density at radius 3 is 1.91 bits per heavy atom. The number of phenols is 1. The van der Waals surface area contributed by atoms with E-state index < -0.39 is 0 Å². The first-order valence-corrected chi connectivity index (χ1v) is 18.7. The zero-order valence-electron chi connectivity index (χ0n) is 29.9. The number of phenolic OH excluding ortho intramolecular Hbond substituents is 1. The van der Waals surface area contributed by atoms with Crippen LogP contribution in [0.5, 0.6) is 17.2 Å². The molecule has 9 nitrogen and oxygen atoms in total. The Hall–Kier alpha value is -6.04. The number of methoxy groups -OCH3 is 1. The van der Waals surface area contributed by atoms with E-state index in [1.807, 2.05) is 94.0 Å². The predicted octanol–water partition coefficient (Wildman–Crippen LogP) is 9.46. The summed E-state index contributed by atoms with van der Waals surface area (Å²) in [4.78, 5) is 19.7. The van der Waals surface area contributed by atoms with E-state index in [1.165, 1.54) is 0 Å². The van der Waals surface area contributed by atoms with Gasteiger partial charge in [0.1, 0.15) is 45.5 Å². The van der Waals surface area contributed by atoms with E-state index in [0.29, 0.717) is 18.1 Å². The Morgan fingerprint density at radius 1 is 0.679 bits per heavy atom. The summed E-state index contributed by atoms with van der Waals surface area (Å²) in [5.74, 6) is 3.23. The Morgan fingerprint density at radius 2 is 1.28 bits per heavy atom. The van der Waals surface area contributed by atoms with Crippen molar-refractivity contribution in [1.82, 2.24) is 29.1 Å². The van der Waals surface area contributed by atoms with E-state index in [0.717, 1.165) is 83.0 Å². The average molecular weight is 737 g/mol. The molecular formula is C42H36N6O3S2. The number of hydrogen-bond donors (Lipinski definition) is 1. The minimum absolute atomic E-state index is 0.224. The Kier molecular flexibility index (Phi) is 9.11. The van der Waals surface area contributed by atoms with Crippen molar-refractivity contribution >= 4 is 68.0 Å². The lowest BCUT2D eigenvalue weighted by Gasteiger charge is -2.11. The highest BCUT2D eigenvalue weighted by Gasteiger charge is 2.19. The summed E-state index contributed by atoms with van der Waals surface area (Å²) in [5, 5.41) is 15.7. The first-order valence-electron chi connectivity index (χ1n) is 17.0. The Labute approximate surface area is 314 Å². The molecule has 0 unspecified atom stereocenters. The second kappa shape index (κ2) is 14.2. The largest absolute Gasteiger partial charge is 0.508 e. The summed E-state index contributed by atoms with van der Waals surface area (Å²) in [6, 6.07) is 27.4. The number of nitrogens with zero attached hydrogens (tertiary/aromatic N) is 6. The predicted molar refractivity (Wildman–Crippen MR) is 215 cm³/mol. The standard InChI is InChI=1S/C42H36N6O3S2/c1-25-23-52-41(43-25)33(18-27-10-13-30(49)14-11-27)40-46-36-15-12-28(20-38(36)48(40)4)22-51-32-17-29(16-31(21-32)50-5)19-34(42-44-26(2)24-53-42)39-45-35-8-6-7-9-37(35)47(39)3/h6-21,23-24,49H,22H2,1-5H3/b33-18+,34-19-. The normalized spacial score (nSPS) is 12.2. The van der Waals surface area contributed by atoms with Gasteiger partial charge in [0.15, 0.2) is 0 Å². The van der Waals surface area contributed by atoms with Crippen LogP contribution in [-0.4, -0.2) is 41.3 Å². The minimum atomic E-state index is 0.224. The van der Waals surface area contributed by atoms with Crippen molar-refractivity contribution < 1.29 is 14.6 Å². The van der Waals surface area contributed by atoms with E-state index in [-0.39, 0.29) is 5.75 Å². The number of aryl methyl sites for hydroxylation is 4. The lowest BCUT2D eigenvalue weighted by Crippen LogP contribution is -2.00. The van der Waals surface area contributed by atoms with Crippen LogP contribution in [0.1, 0.15) is 49.7 Å². The summed E-state index contributed by atoms with van der Waals surface area (Å²) < 4.78 is 16.4. The molecule has 8 rings (SSSR count). The van der Waals surface area contributed by atoms with Crippen molar-refractivity contribution in [1.29, 1.82) is 0 Å². The van der Waals surface area contributed by atoms with E-state index >= 15 is 0 Å². The number of hydrogen-bond acceptors (Lipinski definition) is 9. The molecule has 0 amide bonds. The van der Waals surface area contributed by atoms with Crippen LogP contribution in [0, 0.1) is 13.8 Å². The number of thiazole rings is 2. The molecule has 1 N–H and O–H groups in total. The second-order valence-corrected chi connectivity index (χ2v) is 14.5. The third-order valence-corrected chi connectivity index (χ3v) is 11.0. The third kappa shape index (κ3) is 6.96. The van der Waals surface area contributed by atoms with Gasteiger partial charge in [0.05, 0.1) is 40.3 Å². The van der Waals surface area contributed by atoms with Gasteiger partial charge < -0.3 is 23.7 Å². The van der Waals surface area contributed by atoms with Gasteiger partial charge in [-0.3, -0.25) is 0 Å². The SMILES string of the molecule is COc1cc(/C=C(\c2nc(C)cs2)c2nc3ccccc3n2C)cc(OCc2ccc3nc(/C(=C\c4ccc(O)cc4)c4nc(C)cs4)n(C)c3c2)c1. The highest BCUT2D eigenvalue weighted by molar-refractivity contribution is 7.11. The van der Waals surface area contributed by atoms with Crippen LogP contribution in [0.3, 0.4) is 0 Å². The first-order chi connectivity index (χ1) is 25.7. The van der Waals surface area contributed by atoms with Crippen LogP contribution in [0.4, 0.5) is 0 Å². The second-order valence-electron chi connectivity index (χ2n) is 12.8. The monoisotopic (exact) mass is 736 g/mol. The van der Waals surface area contributed by atoms with Gasteiger partial charge in [-0.1, -0.05) is 30.3 Å². The lowest BCUT2D eigenvalue weighted by atomic mass is 10.1. The van der Waals surface area contributed by atoms with Crippen molar-refractivity contribution in [2.45, 2.75) is 20.5 Å². The molecular weight excluding hydrogens is 701 g/mol. The molecule has 0 aliphatic heterocycles. The number of rotatable bonds is 10.